The second kappa shape index (κ2) is 8.99. The Morgan fingerprint density at radius 2 is 2.39 bits per heavy atom. The average molecular weight is 283 g/mol. The van der Waals surface area contributed by atoms with Gasteiger partial charge in [0.2, 0.25) is 0 Å². The highest BCUT2D eigenvalue weighted by molar-refractivity contribution is 8.76. The summed E-state index contributed by atoms with van der Waals surface area (Å²) in [6.45, 7) is 1.82. The van der Waals surface area contributed by atoms with Gasteiger partial charge in [0.25, 0.3) is 0 Å². The smallest absolute Gasteiger partial charge is 0.164 e. The van der Waals surface area contributed by atoms with Crippen LogP contribution in [0.5, 0.6) is 0 Å². The molecule has 18 heavy (non-hydrogen) atoms. The molecule has 0 aliphatic carbocycles. The van der Waals surface area contributed by atoms with Gasteiger partial charge in [-0.1, -0.05) is 21.6 Å². The number of anilines is 1. The topological polar surface area (TPSA) is 54.4 Å². The molecule has 98 valence electrons. The van der Waals surface area contributed by atoms with Crippen molar-refractivity contribution in [2.45, 2.75) is 19.8 Å². The van der Waals surface area contributed by atoms with Crippen molar-refractivity contribution in [1.82, 2.24) is 4.98 Å². The maximum absolute atomic E-state index is 11.8. The van der Waals surface area contributed by atoms with Crippen LogP contribution in [0.1, 0.15) is 30.1 Å². The quantitative estimate of drug-likeness (QED) is 0.260. The number of aromatic nitrogens is 1. The zero-order valence-electron chi connectivity index (χ0n) is 10.5. The number of carbonyl (C=O) groups is 1. The third kappa shape index (κ3) is 5.55. The number of carbonyl (C=O) groups excluding carboxylic acids is 1. The van der Waals surface area contributed by atoms with Crippen LogP contribution in [-0.4, -0.2) is 29.0 Å². The molecule has 1 aromatic heterocycles. The highest BCUT2D eigenvalue weighted by Crippen LogP contribution is 2.19. The van der Waals surface area contributed by atoms with Gasteiger partial charge in [0, 0.05) is 30.1 Å². The Morgan fingerprint density at radius 1 is 1.56 bits per heavy atom. The highest BCUT2D eigenvalue weighted by Gasteiger charge is 2.06. The van der Waals surface area contributed by atoms with Crippen molar-refractivity contribution in [3.63, 3.8) is 0 Å². The summed E-state index contributed by atoms with van der Waals surface area (Å²) in [4.78, 5) is 16.0. The fourth-order valence-electron chi connectivity index (χ4n) is 1.27. The van der Waals surface area contributed by atoms with Crippen LogP contribution in [-0.2, 0) is 0 Å². The van der Waals surface area contributed by atoms with Crippen molar-refractivity contribution in [3.05, 3.63) is 23.9 Å². The Hall–Kier alpha value is -1.01. The maximum atomic E-state index is 11.8. The number of ketones is 1. The zero-order valence-corrected chi connectivity index (χ0v) is 12.2. The number of hydrazone groups is 1. The van der Waals surface area contributed by atoms with E-state index in [0.717, 1.165) is 12.2 Å². The van der Waals surface area contributed by atoms with Gasteiger partial charge in [-0.3, -0.25) is 10.2 Å². The van der Waals surface area contributed by atoms with Gasteiger partial charge in [0.1, 0.15) is 5.82 Å². The van der Waals surface area contributed by atoms with Crippen LogP contribution in [0.25, 0.3) is 0 Å². The Morgan fingerprint density at radius 3 is 3.00 bits per heavy atom. The van der Waals surface area contributed by atoms with Crippen LogP contribution in [0.2, 0.25) is 0 Å². The van der Waals surface area contributed by atoms with Gasteiger partial charge in [-0.05, 0) is 31.7 Å². The lowest BCUT2D eigenvalue weighted by Crippen LogP contribution is -2.01. The van der Waals surface area contributed by atoms with E-state index in [-0.39, 0.29) is 5.78 Å². The van der Waals surface area contributed by atoms with Crippen molar-refractivity contribution in [2.24, 2.45) is 5.10 Å². The van der Waals surface area contributed by atoms with Crippen molar-refractivity contribution >= 4 is 39.4 Å². The van der Waals surface area contributed by atoms with Crippen molar-refractivity contribution in [3.8, 4) is 0 Å². The molecule has 1 N–H and O–H groups in total. The molecule has 0 amide bonds. The van der Waals surface area contributed by atoms with Gasteiger partial charge in [0.15, 0.2) is 5.78 Å². The second-order valence-corrected chi connectivity index (χ2v) is 6.13. The van der Waals surface area contributed by atoms with E-state index >= 15 is 0 Å². The molecule has 1 aromatic rings. The number of pyridine rings is 1. The third-order valence-electron chi connectivity index (χ3n) is 2.14. The highest BCUT2D eigenvalue weighted by atomic mass is 33.1. The maximum Gasteiger partial charge on any atom is 0.164 e. The SMILES string of the molecule is C/C=N/Nc1ccc(C(=O)CCCSSC)cn1. The van der Waals surface area contributed by atoms with E-state index in [1.165, 1.54) is 0 Å². The van der Waals surface area contributed by atoms with Crippen LogP contribution in [0.3, 0.4) is 0 Å². The number of nitrogens with one attached hydrogen (secondary N) is 1. The molecule has 0 aliphatic heterocycles. The van der Waals surface area contributed by atoms with Gasteiger partial charge in [-0.2, -0.15) is 5.10 Å². The molecule has 4 nitrogen and oxygen atoms in total. The molecule has 0 saturated carbocycles. The first-order valence-electron chi connectivity index (χ1n) is 5.66. The fourth-order valence-corrected chi connectivity index (χ4v) is 2.56. The molecular weight excluding hydrogens is 266 g/mol. The molecule has 0 saturated heterocycles. The van der Waals surface area contributed by atoms with E-state index in [1.807, 2.05) is 13.2 Å². The number of hydrogen-bond donors (Lipinski definition) is 1. The van der Waals surface area contributed by atoms with Crippen molar-refractivity contribution in [1.29, 1.82) is 0 Å². The van der Waals surface area contributed by atoms with E-state index < -0.39 is 0 Å². The van der Waals surface area contributed by atoms with Gasteiger partial charge in [-0.25, -0.2) is 4.98 Å². The molecule has 0 fully saturated rings. The molecule has 0 unspecified atom stereocenters. The molecule has 0 aliphatic rings. The lowest BCUT2D eigenvalue weighted by Gasteiger charge is -2.02. The van der Waals surface area contributed by atoms with Gasteiger partial charge in [0.05, 0.1) is 0 Å². The van der Waals surface area contributed by atoms with Gasteiger partial charge in [-0.15, -0.1) is 0 Å². The summed E-state index contributed by atoms with van der Waals surface area (Å²) >= 11 is 0. The molecule has 6 heteroatoms. The van der Waals surface area contributed by atoms with Gasteiger partial charge < -0.3 is 0 Å². The molecule has 0 radical (unpaired) electrons. The Balaban J connectivity index is 2.43. The fraction of sp³-hybridized carbons (Fsp3) is 0.417. The lowest BCUT2D eigenvalue weighted by molar-refractivity contribution is 0.0982. The molecule has 1 heterocycles. The summed E-state index contributed by atoms with van der Waals surface area (Å²) in [6.07, 6.45) is 6.77. The minimum atomic E-state index is 0.148. The van der Waals surface area contributed by atoms with Crippen LogP contribution >= 0.6 is 21.6 Å². The third-order valence-corrected chi connectivity index (χ3v) is 4.04. The van der Waals surface area contributed by atoms with Crippen LogP contribution in [0, 0.1) is 0 Å². The van der Waals surface area contributed by atoms with E-state index in [9.17, 15) is 4.79 Å². The number of rotatable bonds is 8. The monoisotopic (exact) mass is 283 g/mol. The molecule has 0 bridgehead atoms. The average Bonchev–Trinajstić information content (AvgIpc) is 2.41. The first kappa shape index (κ1) is 15.0. The van der Waals surface area contributed by atoms with E-state index in [0.29, 0.717) is 17.8 Å². The zero-order chi connectivity index (χ0) is 13.2. The Bertz CT molecular complexity index is 393. The summed E-state index contributed by atoms with van der Waals surface area (Å²) in [6, 6.07) is 3.54. The minimum Gasteiger partial charge on any atom is -0.294 e. The summed E-state index contributed by atoms with van der Waals surface area (Å²) in [7, 11) is 3.51. The Labute approximate surface area is 115 Å². The summed E-state index contributed by atoms with van der Waals surface area (Å²) < 4.78 is 0. The van der Waals surface area contributed by atoms with E-state index in [4.69, 9.17) is 0 Å². The van der Waals surface area contributed by atoms with Crippen LogP contribution in [0.15, 0.2) is 23.4 Å². The van der Waals surface area contributed by atoms with Crippen molar-refractivity contribution in [2.75, 3.05) is 17.4 Å². The number of nitrogens with zero attached hydrogens (tertiary/aromatic N) is 2. The predicted octanol–water partition coefficient (Wildman–Crippen LogP) is 3.47. The number of hydrogen-bond acceptors (Lipinski definition) is 6. The van der Waals surface area contributed by atoms with E-state index in [2.05, 4.69) is 15.5 Å². The summed E-state index contributed by atoms with van der Waals surface area (Å²) in [5.74, 6) is 1.79. The standard InChI is InChI=1S/C12H17N3OS2/c1-3-14-15-12-7-6-10(9-13-12)11(16)5-4-8-18-17-2/h3,6-7,9H,4-5,8H2,1-2H3,(H,13,15)/b14-3+. The molecule has 0 aromatic carbocycles. The number of Topliss-reactive ketones (excluding diaryl/α,β-unsaturated/α-hetero) is 1. The molecule has 1 rings (SSSR count). The van der Waals surface area contributed by atoms with Crippen LogP contribution in [0.4, 0.5) is 5.82 Å². The summed E-state index contributed by atoms with van der Waals surface area (Å²) in [5.41, 5.74) is 3.42. The molecular formula is C12H17N3OS2. The van der Waals surface area contributed by atoms with Gasteiger partial charge >= 0.3 is 0 Å². The largest absolute Gasteiger partial charge is 0.294 e. The van der Waals surface area contributed by atoms with Crippen LogP contribution < -0.4 is 5.43 Å². The second-order valence-electron chi connectivity index (χ2n) is 3.45. The van der Waals surface area contributed by atoms with E-state index in [1.54, 1.807) is 46.1 Å². The first-order chi connectivity index (χ1) is 8.77. The summed E-state index contributed by atoms with van der Waals surface area (Å²) in [5, 5.41) is 3.86. The Kier molecular flexibility index (Phi) is 7.52. The normalized spacial score (nSPS) is 10.8. The first-order valence-corrected chi connectivity index (χ1v) is 8.39. The minimum absolute atomic E-state index is 0.148. The molecule has 0 atom stereocenters. The lowest BCUT2D eigenvalue weighted by atomic mass is 10.1. The van der Waals surface area contributed by atoms with Crippen molar-refractivity contribution < 1.29 is 4.79 Å². The molecule has 0 spiro atoms. The predicted molar refractivity (Wildman–Crippen MR) is 81.6 cm³/mol.